The van der Waals surface area contributed by atoms with E-state index in [0.29, 0.717) is 12.1 Å². The van der Waals surface area contributed by atoms with Crippen LogP contribution in [0.3, 0.4) is 0 Å². The highest BCUT2D eigenvalue weighted by Gasteiger charge is 2.14. The Hall–Kier alpha value is -2.27. The summed E-state index contributed by atoms with van der Waals surface area (Å²) >= 11 is 0. The van der Waals surface area contributed by atoms with Gasteiger partial charge in [-0.1, -0.05) is 12.1 Å². The fourth-order valence-electron chi connectivity index (χ4n) is 1.86. The number of amides is 1. The monoisotopic (exact) mass is 275 g/mol. The van der Waals surface area contributed by atoms with Crippen molar-refractivity contribution in [2.24, 2.45) is 0 Å². The molecule has 1 heterocycles. The van der Waals surface area contributed by atoms with E-state index in [1.807, 2.05) is 24.3 Å². The Balaban J connectivity index is 2.00. The summed E-state index contributed by atoms with van der Waals surface area (Å²) < 4.78 is 15.5. The quantitative estimate of drug-likeness (QED) is 0.879. The van der Waals surface area contributed by atoms with Crippen molar-refractivity contribution in [2.45, 2.75) is 6.10 Å². The number of furan rings is 1. The van der Waals surface area contributed by atoms with Crippen molar-refractivity contribution in [3.8, 4) is 5.75 Å². The summed E-state index contributed by atoms with van der Waals surface area (Å²) in [7, 11) is 3.22. The summed E-state index contributed by atoms with van der Waals surface area (Å²) in [6, 6.07) is 9.18. The van der Waals surface area contributed by atoms with Gasteiger partial charge in [-0.05, 0) is 23.8 Å². The number of hydrogen-bond acceptors (Lipinski definition) is 4. The van der Waals surface area contributed by atoms with E-state index in [9.17, 15) is 4.79 Å². The molecule has 2 rings (SSSR count). The molecule has 1 aromatic carbocycles. The predicted molar refractivity (Wildman–Crippen MR) is 73.8 cm³/mol. The van der Waals surface area contributed by atoms with Gasteiger partial charge in [0.1, 0.15) is 12.0 Å². The summed E-state index contributed by atoms with van der Waals surface area (Å²) in [5.74, 6) is 0.564. The van der Waals surface area contributed by atoms with Crippen molar-refractivity contribution in [3.63, 3.8) is 0 Å². The molecule has 0 unspecified atom stereocenters. The largest absolute Gasteiger partial charge is 0.497 e. The normalized spacial score (nSPS) is 11.9. The lowest BCUT2D eigenvalue weighted by atomic mass is 10.1. The number of nitrogens with one attached hydrogen (secondary N) is 1. The molecule has 1 atom stereocenters. The molecule has 1 N–H and O–H groups in total. The lowest BCUT2D eigenvalue weighted by molar-refractivity contribution is 0.0827. The van der Waals surface area contributed by atoms with E-state index in [4.69, 9.17) is 13.9 Å². The molecule has 0 radical (unpaired) electrons. The van der Waals surface area contributed by atoms with E-state index >= 15 is 0 Å². The summed E-state index contributed by atoms with van der Waals surface area (Å²) in [5, 5.41) is 2.81. The molecule has 0 fully saturated rings. The Morgan fingerprint density at radius 3 is 2.85 bits per heavy atom. The zero-order chi connectivity index (χ0) is 14.4. The first-order valence-corrected chi connectivity index (χ1v) is 6.21. The molecule has 0 aliphatic carbocycles. The molecule has 0 spiro atoms. The highest BCUT2D eigenvalue weighted by Crippen LogP contribution is 2.21. The van der Waals surface area contributed by atoms with E-state index in [0.717, 1.165) is 11.3 Å². The smallest absolute Gasteiger partial charge is 0.254 e. The van der Waals surface area contributed by atoms with Gasteiger partial charge in [0.2, 0.25) is 0 Å². The molecule has 0 aliphatic rings. The first kappa shape index (κ1) is 14.1. The molecule has 0 saturated carbocycles. The fourth-order valence-corrected chi connectivity index (χ4v) is 1.86. The van der Waals surface area contributed by atoms with Crippen molar-refractivity contribution >= 4 is 5.91 Å². The standard InChI is InChI=1S/C15H17NO4/c1-18-13-5-3-4-11(8-13)14(19-2)9-16-15(17)12-6-7-20-10-12/h3-8,10,14H,9H2,1-2H3,(H,16,17)/t14-/m1/s1. The molecular weight excluding hydrogens is 258 g/mol. The third-order valence-electron chi connectivity index (χ3n) is 2.98. The molecular formula is C15H17NO4. The molecule has 106 valence electrons. The van der Waals surface area contributed by atoms with Crippen molar-refractivity contribution in [1.82, 2.24) is 5.32 Å². The highest BCUT2D eigenvalue weighted by molar-refractivity contribution is 5.93. The molecule has 0 bridgehead atoms. The van der Waals surface area contributed by atoms with Gasteiger partial charge in [0, 0.05) is 13.7 Å². The second-order valence-electron chi connectivity index (χ2n) is 4.22. The third-order valence-corrected chi connectivity index (χ3v) is 2.98. The lowest BCUT2D eigenvalue weighted by Crippen LogP contribution is -2.28. The minimum absolute atomic E-state index is 0.191. The number of rotatable bonds is 6. The Morgan fingerprint density at radius 2 is 2.20 bits per heavy atom. The average molecular weight is 275 g/mol. The Morgan fingerprint density at radius 1 is 1.35 bits per heavy atom. The molecule has 0 aliphatic heterocycles. The predicted octanol–water partition coefficient (Wildman–Crippen LogP) is 2.41. The SMILES string of the molecule is COc1cccc([C@@H](CNC(=O)c2ccoc2)OC)c1. The van der Waals surface area contributed by atoms with Gasteiger partial charge in [-0.3, -0.25) is 4.79 Å². The van der Waals surface area contributed by atoms with Gasteiger partial charge in [0.15, 0.2) is 0 Å². The number of ether oxygens (including phenoxy) is 2. The van der Waals surface area contributed by atoms with Gasteiger partial charge in [0.05, 0.1) is 25.0 Å². The number of hydrogen-bond donors (Lipinski definition) is 1. The zero-order valence-corrected chi connectivity index (χ0v) is 11.5. The lowest BCUT2D eigenvalue weighted by Gasteiger charge is -2.17. The van der Waals surface area contributed by atoms with E-state index in [1.165, 1.54) is 12.5 Å². The van der Waals surface area contributed by atoms with Crippen LogP contribution in [0, 0.1) is 0 Å². The van der Waals surface area contributed by atoms with Gasteiger partial charge in [-0.25, -0.2) is 0 Å². The molecule has 20 heavy (non-hydrogen) atoms. The molecule has 1 amide bonds. The van der Waals surface area contributed by atoms with E-state index in [1.54, 1.807) is 20.3 Å². The fraction of sp³-hybridized carbons (Fsp3) is 0.267. The van der Waals surface area contributed by atoms with Crippen LogP contribution < -0.4 is 10.1 Å². The van der Waals surface area contributed by atoms with Gasteiger partial charge >= 0.3 is 0 Å². The van der Waals surface area contributed by atoms with E-state index < -0.39 is 0 Å². The van der Waals surface area contributed by atoms with E-state index in [-0.39, 0.29) is 12.0 Å². The van der Waals surface area contributed by atoms with E-state index in [2.05, 4.69) is 5.32 Å². The first-order valence-electron chi connectivity index (χ1n) is 6.21. The summed E-state index contributed by atoms with van der Waals surface area (Å²) in [5.41, 5.74) is 1.44. The topological polar surface area (TPSA) is 60.7 Å². The molecule has 5 nitrogen and oxygen atoms in total. The highest BCUT2D eigenvalue weighted by atomic mass is 16.5. The van der Waals surface area contributed by atoms with Gasteiger partial charge < -0.3 is 19.2 Å². The van der Waals surface area contributed by atoms with Gasteiger partial charge in [0.25, 0.3) is 5.91 Å². The van der Waals surface area contributed by atoms with Crippen molar-refractivity contribution in [1.29, 1.82) is 0 Å². The summed E-state index contributed by atoms with van der Waals surface area (Å²) in [6.45, 7) is 0.369. The number of carbonyl (C=O) groups is 1. The minimum Gasteiger partial charge on any atom is -0.497 e. The van der Waals surface area contributed by atoms with Crippen LogP contribution >= 0.6 is 0 Å². The van der Waals surface area contributed by atoms with Crippen LogP contribution in [-0.2, 0) is 4.74 Å². The van der Waals surface area contributed by atoms with Crippen molar-refractivity contribution < 1.29 is 18.7 Å². The Bertz CT molecular complexity index is 551. The van der Waals surface area contributed by atoms with Crippen molar-refractivity contribution in [2.75, 3.05) is 20.8 Å². The minimum atomic E-state index is -0.235. The zero-order valence-electron chi connectivity index (χ0n) is 11.5. The maximum Gasteiger partial charge on any atom is 0.254 e. The van der Waals surface area contributed by atoms with Crippen LogP contribution in [0.2, 0.25) is 0 Å². The van der Waals surface area contributed by atoms with Crippen LogP contribution in [0.15, 0.2) is 47.3 Å². The average Bonchev–Trinajstić information content (AvgIpc) is 3.02. The number of carbonyl (C=O) groups excluding carboxylic acids is 1. The van der Waals surface area contributed by atoms with Crippen LogP contribution in [0.25, 0.3) is 0 Å². The molecule has 1 aromatic heterocycles. The number of methoxy groups -OCH3 is 2. The molecule has 0 saturated heterocycles. The summed E-state index contributed by atoms with van der Waals surface area (Å²) in [4.78, 5) is 11.8. The van der Waals surface area contributed by atoms with Gasteiger partial charge in [-0.15, -0.1) is 0 Å². The van der Waals surface area contributed by atoms with Crippen molar-refractivity contribution in [3.05, 3.63) is 54.0 Å². The second kappa shape index (κ2) is 6.77. The van der Waals surface area contributed by atoms with Crippen LogP contribution in [0.5, 0.6) is 5.75 Å². The first-order chi connectivity index (χ1) is 9.74. The van der Waals surface area contributed by atoms with Crippen LogP contribution in [-0.4, -0.2) is 26.7 Å². The second-order valence-corrected chi connectivity index (χ2v) is 4.22. The van der Waals surface area contributed by atoms with Crippen LogP contribution in [0.1, 0.15) is 22.0 Å². The molecule has 2 aromatic rings. The Labute approximate surface area is 117 Å². The number of benzene rings is 1. The summed E-state index contributed by atoms with van der Waals surface area (Å²) in [6.07, 6.45) is 2.63. The van der Waals surface area contributed by atoms with Crippen LogP contribution in [0.4, 0.5) is 0 Å². The maximum absolute atomic E-state index is 11.8. The van der Waals surface area contributed by atoms with Gasteiger partial charge in [-0.2, -0.15) is 0 Å². The third kappa shape index (κ3) is 3.39. The molecule has 5 heteroatoms. The Kier molecular flexibility index (Phi) is 4.79. The maximum atomic E-state index is 11.8.